The molecule has 0 aliphatic carbocycles. The molecule has 1 fully saturated rings. The second kappa shape index (κ2) is 9.34. The Hall–Kier alpha value is -3.19. The third-order valence-electron chi connectivity index (χ3n) is 4.80. The minimum atomic E-state index is -0.999. The maximum absolute atomic E-state index is 12.6. The number of carboxylic acid groups (broad SMARTS) is 1. The van der Waals surface area contributed by atoms with Crippen LogP contribution in [0.5, 0.6) is 0 Å². The monoisotopic (exact) mass is 413 g/mol. The van der Waals surface area contributed by atoms with Crippen LogP contribution in [0.4, 0.5) is 0 Å². The first-order chi connectivity index (χ1) is 14.0. The van der Waals surface area contributed by atoms with Crippen molar-refractivity contribution in [2.45, 2.75) is 12.8 Å². The van der Waals surface area contributed by atoms with E-state index < -0.39 is 5.97 Å². The number of carbonyl (C=O) groups excluding carboxylic acids is 2. The second-order valence-electron chi connectivity index (χ2n) is 6.71. The topological polar surface area (TPSA) is 99.1 Å². The van der Waals surface area contributed by atoms with Gasteiger partial charge < -0.3 is 10.0 Å². The number of hydrogen-bond acceptors (Lipinski definition) is 4. The molecule has 2 N–H and O–H groups in total. The first-order valence-electron chi connectivity index (χ1n) is 9.16. The number of carbonyl (C=O) groups is 3. The van der Waals surface area contributed by atoms with Crippen LogP contribution >= 0.6 is 11.6 Å². The number of piperidine rings is 1. The number of amides is 2. The van der Waals surface area contributed by atoms with Gasteiger partial charge in [-0.3, -0.25) is 9.59 Å². The van der Waals surface area contributed by atoms with Gasteiger partial charge in [0.2, 0.25) is 5.91 Å². The number of likely N-dealkylation sites (tertiary alicyclic amines) is 1. The lowest BCUT2D eigenvalue weighted by Crippen LogP contribution is -2.42. The van der Waals surface area contributed by atoms with Crippen molar-refractivity contribution in [3.63, 3.8) is 0 Å². The average Bonchev–Trinajstić information content (AvgIpc) is 2.74. The largest absolute Gasteiger partial charge is 0.478 e. The number of aromatic carboxylic acids is 1. The predicted molar refractivity (Wildman–Crippen MR) is 109 cm³/mol. The van der Waals surface area contributed by atoms with Gasteiger partial charge in [-0.15, -0.1) is 0 Å². The lowest BCUT2D eigenvalue weighted by Gasteiger charge is -2.31. The number of benzene rings is 2. The number of nitrogens with zero attached hydrogens (tertiary/aromatic N) is 2. The van der Waals surface area contributed by atoms with E-state index in [-0.39, 0.29) is 23.3 Å². The van der Waals surface area contributed by atoms with Crippen LogP contribution in [0.3, 0.4) is 0 Å². The molecule has 0 aromatic heterocycles. The summed E-state index contributed by atoms with van der Waals surface area (Å²) >= 11 is 6.09. The molecule has 0 bridgehead atoms. The van der Waals surface area contributed by atoms with Gasteiger partial charge in [-0.25, -0.2) is 10.2 Å². The Morgan fingerprint density at radius 1 is 1.07 bits per heavy atom. The number of rotatable bonds is 5. The molecule has 2 amide bonds. The highest BCUT2D eigenvalue weighted by atomic mass is 35.5. The summed E-state index contributed by atoms with van der Waals surface area (Å²) in [5, 5.41) is 13.2. The van der Waals surface area contributed by atoms with Crippen molar-refractivity contribution in [2.75, 3.05) is 13.1 Å². The zero-order chi connectivity index (χ0) is 20.8. The van der Waals surface area contributed by atoms with Crippen molar-refractivity contribution < 1.29 is 19.5 Å². The molecular formula is C21H20ClN3O4. The minimum Gasteiger partial charge on any atom is -0.478 e. The molecule has 0 spiro atoms. The summed E-state index contributed by atoms with van der Waals surface area (Å²) in [7, 11) is 0. The summed E-state index contributed by atoms with van der Waals surface area (Å²) in [6, 6.07) is 13.1. The van der Waals surface area contributed by atoms with Crippen molar-refractivity contribution in [1.29, 1.82) is 0 Å². The zero-order valence-corrected chi connectivity index (χ0v) is 16.3. The van der Waals surface area contributed by atoms with Gasteiger partial charge >= 0.3 is 5.97 Å². The molecule has 1 heterocycles. The van der Waals surface area contributed by atoms with Crippen LogP contribution in [0.1, 0.15) is 39.1 Å². The third kappa shape index (κ3) is 5.20. The molecule has 1 aliphatic rings. The van der Waals surface area contributed by atoms with E-state index in [1.807, 2.05) is 0 Å². The molecule has 0 radical (unpaired) electrons. The lowest BCUT2D eigenvalue weighted by atomic mass is 9.95. The normalized spacial score (nSPS) is 14.7. The summed E-state index contributed by atoms with van der Waals surface area (Å²) in [6.07, 6.45) is 2.55. The van der Waals surface area contributed by atoms with E-state index in [4.69, 9.17) is 16.7 Å². The van der Waals surface area contributed by atoms with Gasteiger partial charge in [0.25, 0.3) is 5.91 Å². The van der Waals surface area contributed by atoms with Crippen molar-refractivity contribution in [1.82, 2.24) is 10.3 Å². The Kier molecular flexibility index (Phi) is 6.61. The van der Waals surface area contributed by atoms with E-state index in [9.17, 15) is 14.4 Å². The quantitative estimate of drug-likeness (QED) is 0.581. The molecule has 29 heavy (non-hydrogen) atoms. The minimum absolute atomic E-state index is 0.128. The fourth-order valence-corrected chi connectivity index (χ4v) is 3.34. The molecule has 8 heteroatoms. The fourth-order valence-electron chi connectivity index (χ4n) is 3.12. The number of nitrogens with one attached hydrogen (secondary N) is 1. The molecule has 0 atom stereocenters. The predicted octanol–water partition coefficient (Wildman–Crippen LogP) is 3.04. The Labute approximate surface area is 173 Å². The fraction of sp³-hybridized carbons (Fsp3) is 0.238. The molecular weight excluding hydrogens is 394 g/mol. The van der Waals surface area contributed by atoms with Crippen LogP contribution in [0, 0.1) is 5.92 Å². The summed E-state index contributed by atoms with van der Waals surface area (Å²) in [5.41, 5.74) is 3.84. The molecule has 0 saturated carbocycles. The highest BCUT2D eigenvalue weighted by Crippen LogP contribution is 2.22. The van der Waals surface area contributed by atoms with Crippen molar-refractivity contribution in [2.24, 2.45) is 11.0 Å². The number of hydrazone groups is 1. The first kappa shape index (κ1) is 20.5. The molecule has 1 saturated heterocycles. The van der Waals surface area contributed by atoms with E-state index in [0.717, 1.165) is 0 Å². The van der Waals surface area contributed by atoms with Crippen LogP contribution in [-0.2, 0) is 4.79 Å². The number of carboxylic acids is 1. The van der Waals surface area contributed by atoms with E-state index in [1.165, 1.54) is 18.3 Å². The molecule has 0 unspecified atom stereocenters. The van der Waals surface area contributed by atoms with Crippen LogP contribution in [0.25, 0.3) is 0 Å². The van der Waals surface area contributed by atoms with E-state index in [2.05, 4.69) is 10.5 Å². The number of halogens is 1. The number of hydrogen-bond donors (Lipinski definition) is 2. The van der Waals surface area contributed by atoms with E-state index in [0.29, 0.717) is 42.1 Å². The molecule has 150 valence electrons. The Morgan fingerprint density at radius 3 is 2.34 bits per heavy atom. The average molecular weight is 414 g/mol. The van der Waals surface area contributed by atoms with Crippen molar-refractivity contribution >= 4 is 35.6 Å². The maximum atomic E-state index is 12.6. The summed E-state index contributed by atoms with van der Waals surface area (Å²) in [6.45, 7) is 0.949. The van der Waals surface area contributed by atoms with Crippen LogP contribution in [0.2, 0.25) is 5.02 Å². The molecule has 1 aliphatic heterocycles. The standard InChI is InChI=1S/C21H20ClN3O4/c22-18-4-2-1-3-17(18)20(27)25-11-9-15(10-12-25)19(26)24-23-13-14-5-7-16(8-6-14)21(28)29/h1-8,13,15H,9-12H2,(H,24,26)(H,28,29)/b23-13-. The van der Waals surface area contributed by atoms with Crippen LogP contribution in [0.15, 0.2) is 53.6 Å². The second-order valence-corrected chi connectivity index (χ2v) is 7.11. The summed E-state index contributed by atoms with van der Waals surface area (Å²) < 4.78 is 0. The van der Waals surface area contributed by atoms with Gasteiger partial charge in [0.1, 0.15) is 0 Å². The molecule has 2 aromatic carbocycles. The Morgan fingerprint density at radius 2 is 1.72 bits per heavy atom. The highest BCUT2D eigenvalue weighted by molar-refractivity contribution is 6.33. The molecule has 2 aromatic rings. The van der Waals surface area contributed by atoms with E-state index >= 15 is 0 Å². The highest BCUT2D eigenvalue weighted by Gasteiger charge is 2.28. The SMILES string of the molecule is O=C(O)c1ccc(/C=N\NC(=O)C2CCN(C(=O)c3ccccc3Cl)CC2)cc1. The molecule has 7 nitrogen and oxygen atoms in total. The Bertz CT molecular complexity index is 935. The van der Waals surface area contributed by atoms with Crippen LogP contribution < -0.4 is 5.43 Å². The van der Waals surface area contributed by atoms with E-state index in [1.54, 1.807) is 41.3 Å². The van der Waals surface area contributed by atoms with Gasteiger partial charge in [-0.1, -0.05) is 35.9 Å². The van der Waals surface area contributed by atoms with Crippen molar-refractivity contribution in [3.05, 3.63) is 70.2 Å². The van der Waals surface area contributed by atoms with Gasteiger partial charge in [0.05, 0.1) is 22.4 Å². The van der Waals surface area contributed by atoms with Gasteiger partial charge in [0.15, 0.2) is 0 Å². The Balaban J connectivity index is 1.49. The maximum Gasteiger partial charge on any atom is 0.335 e. The summed E-state index contributed by atoms with van der Waals surface area (Å²) in [5.74, 6) is -1.55. The van der Waals surface area contributed by atoms with Crippen LogP contribution in [-0.4, -0.2) is 47.1 Å². The van der Waals surface area contributed by atoms with Gasteiger partial charge in [0, 0.05) is 19.0 Å². The summed E-state index contributed by atoms with van der Waals surface area (Å²) in [4.78, 5) is 37.4. The third-order valence-corrected chi connectivity index (χ3v) is 5.13. The van der Waals surface area contributed by atoms with Gasteiger partial charge in [-0.05, 0) is 42.7 Å². The molecule has 3 rings (SSSR count). The van der Waals surface area contributed by atoms with Crippen molar-refractivity contribution in [3.8, 4) is 0 Å². The smallest absolute Gasteiger partial charge is 0.335 e. The lowest BCUT2D eigenvalue weighted by molar-refractivity contribution is -0.126. The van der Waals surface area contributed by atoms with Gasteiger partial charge in [-0.2, -0.15) is 5.10 Å². The first-order valence-corrected chi connectivity index (χ1v) is 9.53. The zero-order valence-electron chi connectivity index (χ0n) is 15.5.